The molecule has 1 aliphatic heterocycles. The van der Waals surface area contributed by atoms with E-state index in [1.54, 1.807) is 0 Å². The number of ether oxygens (including phenoxy) is 2. The zero-order valence-electron chi connectivity index (χ0n) is 17.7. The Balaban J connectivity index is 1.43. The molecule has 0 radical (unpaired) electrons. The number of hydrogen-bond donors (Lipinski definition) is 1. The van der Waals surface area contributed by atoms with Gasteiger partial charge in [0.05, 0.1) is 20.8 Å². The second-order valence-electron chi connectivity index (χ2n) is 6.98. The first kappa shape index (κ1) is 23.7. The molecule has 0 spiro atoms. The van der Waals surface area contributed by atoms with Gasteiger partial charge in [0.25, 0.3) is 5.91 Å². The van der Waals surface area contributed by atoms with Gasteiger partial charge in [-0.05, 0) is 95.4 Å². The van der Waals surface area contributed by atoms with Gasteiger partial charge in [0.15, 0.2) is 5.17 Å². The van der Waals surface area contributed by atoms with Gasteiger partial charge in [-0.1, -0.05) is 35.9 Å². The highest BCUT2D eigenvalue weighted by Crippen LogP contribution is 2.30. The van der Waals surface area contributed by atoms with Crippen LogP contribution in [0, 0.1) is 3.57 Å². The molecule has 1 saturated heterocycles. The average Bonchev–Trinajstić information content (AvgIpc) is 3.14. The Bertz CT molecular complexity index is 1230. The number of aliphatic imine (C=N–C) groups is 1. The van der Waals surface area contributed by atoms with Crippen molar-refractivity contribution in [1.82, 2.24) is 5.32 Å². The number of amides is 1. The van der Waals surface area contributed by atoms with Gasteiger partial charge in [0, 0.05) is 10.6 Å². The molecule has 3 aromatic carbocycles. The largest absolute Gasteiger partial charge is 0.494 e. The highest BCUT2D eigenvalue weighted by Gasteiger charge is 2.24. The van der Waals surface area contributed by atoms with Crippen molar-refractivity contribution in [2.45, 2.75) is 13.5 Å². The van der Waals surface area contributed by atoms with Crippen LogP contribution in [0.25, 0.3) is 6.08 Å². The first-order valence-electron chi connectivity index (χ1n) is 10.2. The molecule has 0 unspecified atom stereocenters. The Morgan fingerprint density at radius 1 is 1.09 bits per heavy atom. The third-order valence-electron chi connectivity index (χ3n) is 4.62. The number of rotatable bonds is 7. The fourth-order valence-electron chi connectivity index (χ4n) is 3.03. The number of carbonyl (C=O) groups excluding carboxylic acids is 1. The summed E-state index contributed by atoms with van der Waals surface area (Å²) in [5.41, 5.74) is 2.58. The topological polar surface area (TPSA) is 59.9 Å². The highest BCUT2D eigenvalue weighted by molar-refractivity contribution is 14.1. The Labute approximate surface area is 215 Å². The minimum Gasteiger partial charge on any atom is -0.494 e. The van der Waals surface area contributed by atoms with E-state index in [1.807, 2.05) is 79.7 Å². The van der Waals surface area contributed by atoms with Crippen molar-refractivity contribution in [1.29, 1.82) is 0 Å². The zero-order valence-corrected chi connectivity index (χ0v) is 21.4. The van der Waals surface area contributed by atoms with Crippen LogP contribution in [-0.4, -0.2) is 17.7 Å². The summed E-state index contributed by atoms with van der Waals surface area (Å²) in [6.45, 7) is 2.94. The maximum atomic E-state index is 12.4. The van der Waals surface area contributed by atoms with Gasteiger partial charge in [-0.15, -0.1) is 0 Å². The number of nitrogens with one attached hydrogen (secondary N) is 1. The molecule has 5 nitrogen and oxygen atoms in total. The second-order valence-corrected chi connectivity index (χ2v) is 9.58. The molecule has 168 valence electrons. The average molecular weight is 591 g/mol. The monoisotopic (exact) mass is 590 g/mol. The van der Waals surface area contributed by atoms with Gasteiger partial charge in [-0.2, -0.15) is 0 Å². The fraction of sp³-hybridized carbons (Fsp3) is 0.120. The minimum atomic E-state index is -0.168. The summed E-state index contributed by atoms with van der Waals surface area (Å²) in [4.78, 5) is 17.5. The van der Waals surface area contributed by atoms with Crippen LogP contribution in [0.1, 0.15) is 18.1 Å². The number of benzene rings is 3. The predicted octanol–water partition coefficient (Wildman–Crippen LogP) is 6.81. The molecule has 1 N–H and O–H groups in total. The molecule has 4 rings (SSSR count). The molecule has 8 heteroatoms. The quantitative estimate of drug-likeness (QED) is 0.243. The standard InChI is InChI=1S/C25H20ClIN2O3S/c1-2-31-19-10-8-18(9-11-19)28-25-29-24(30)23(33-25)14-16-7-12-22(21(27)13-16)32-15-17-5-3-4-6-20(17)26/h3-14H,2,15H2,1H3,(H,28,29,30)/b23-14+. The number of nitrogens with zero attached hydrogens (tertiary/aromatic N) is 1. The minimum absolute atomic E-state index is 0.168. The SMILES string of the molecule is CCOc1ccc(N=C2NC(=O)/C(=C\c3ccc(OCc4ccccc4Cl)c(I)c3)S2)cc1. The number of halogens is 2. The van der Waals surface area contributed by atoms with Crippen molar-refractivity contribution in [3.63, 3.8) is 0 Å². The summed E-state index contributed by atoms with van der Waals surface area (Å²) in [7, 11) is 0. The third kappa shape index (κ3) is 6.31. The summed E-state index contributed by atoms with van der Waals surface area (Å²) >= 11 is 9.74. The van der Waals surface area contributed by atoms with Crippen molar-refractivity contribution >= 4 is 68.8 Å². The third-order valence-corrected chi connectivity index (χ3v) is 6.75. The summed E-state index contributed by atoms with van der Waals surface area (Å²) in [6, 6.07) is 20.8. The summed E-state index contributed by atoms with van der Waals surface area (Å²) in [5, 5.41) is 4.05. The van der Waals surface area contributed by atoms with Gasteiger partial charge in [-0.25, -0.2) is 4.99 Å². The molecule has 1 fully saturated rings. The van der Waals surface area contributed by atoms with E-state index in [1.165, 1.54) is 11.8 Å². The lowest BCUT2D eigenvalue weighted by Gasteiger charge is -2.10. The van der Waals surface area contributed by atoms with E-state index in [4.69, 9.17) is 21.1 Å². The first-order chi connectivity index (χ1) is 16.0. The Kier molecular flexibility index (Phi) is 7.95. The summed E-state index contributed by atoms with van der Waals surface area (Å²) in [6.07, 6.45) is 1.85. The van der Waals surface area contributed by atoms with Crippen LogP contribution >= 0.6 is 46.0 Å². The fourth-order valence-corrected chi connectivity index (χ4v) is 4.75. The number of thioether (sulfide) groups is 1. The van der Waals surface area contributed by atoms with Crippen LogP contribution in [0.4, 0.5) is 5.69 Å². The van der Waals surface area contributed by atoms with Crippen molar-refractivity contribution < 1.29 is 14.3 Å². The molecule has 3 aromatic rings. The maximum Gasteiger partial charge on any atom is 0.264 e. The molecule has 0 bridgehead atoms. The molecule has 0 aliphatic carbocycles. The second kappa shape index (κ2) is 11.1. The summed E-state index contributed by atoms with van der Waals surface area (Å²) in [5.74, 6) is 1.39. The lowest BCUT2D eigenvalue weighted by Crippen LogP contribution is -2.19. The normalized spacial score (nSPS) is 15.7. The molecular weight excluding hydrogens is 571 g/mol. The molecule has 0 saturated carbocycles. The summed E-state index contributed by atoms with van der Waals surface area (Å²) < 4.78 is 12.3. The van der Waals surface area contributed by atoms with Gasteiger partial charge in [0.2, 0.25) is 0 Å². The lowest BCUT2D eigenvalue weighted by molar-refractivity contribution is -0.115. The van der Waals surface area contributed by atoms with E-state index < -0.39 is 0 Å². The van der Waals surface area contributed by atoms with Crippen LogP contribution in [0.15, 0.2) is 76.6 Å². The predicted molar refractivity (Wildman–Crippen MR) is 143 cm³/mol. The molecule has 33 heavy (non-hydrogen) atoms. The molecule has 0 atom stereocenters. The smallest absolute Gasteiger partial charge is 0.264 e. The number of carbonyl (C=O) groups is 1. The molecule has 0 aromatic heterocycles. The Morgan fingerprint density at radius 2 is 1.88 bits per heavy atom. The van der Waals surface area contributed by atoms with Gasteiger partial charge >= 0.3 is 0 Å². The Hall–Kier alpha value is -2.49. The van der Waals surface area contributed by atoms with Crippen LogP contribution in [-0.2, 0) is 11.4 Å². The van der Waals surface area contributed by atoms with Crippen LogP contribution < -0.4 is 14.8 Å². The van der Waals surface area contributed by atoms with Gasteiger partial charge in [-0.3, -0.25) is 4.79 Å². The van der Waals surface area contributed by atoms with E-state index in [0.717, 1.165) is 31.9 Å². The van der Waals surface area contributed by atoms with Crippen molar-refractivity contribution in [2.75, 3.05) is 6.61 Å². The van der Waals surface area contributed by atoms with Crippen LogP contribution in [0.3, 0.4) is 0 Å². The van der Waals surface area contributed by atoms with E-state index in [0.29, 0.717) is 28.3 Å². The van der Waals surface area contributed by atoms with E-state index in [-0.39, 0.29) is 5.91 Å². The lowest BCUT2D eigenvalue weighted by atomic mass is 10.2. The van der Waals surface area contributed by atoms with Crippen molar-refractivity contribution in [3.05, 3.63) is 91.4 Å². The van der Waals surface area contributed by atoms with Crippen molar-refractivity contribution in [2.24, 2.45) is 4.99 Å². The van der Waals surface area contributed by atoms with Crippen LogP contribution in [0.5, 0.6) is 11.5 Å². The maximum absolute atomic E-state index is 12.4. The van der Waals surface area contributed by atoms with Crippen molar-refractivity contribution in [3.8, 4) is 11.5 Å². The van der Waals surface area contributed by atoms with E-state index >= 15 is 0 Å². The van der Waals surface area contributed by atoms with E-state index in [2.05, 4.69) is 32.9 Å². The highest BCUT2D eigenvalue weighted by atomic mass is 127. The number of amidine groups is 1. The van der Waals surface area contributed by atoms with Crippen LogP contribution in [0.2, 0.25) is 5.02 Å². The molecule has 1 aliphatic rings. The first-order valence-corrected chi connectivity index (χ1v) is 12.5. The van der Waals surface area contributed by atoms with Gasteiger partial charge in [0.1, 0.15) is 18.1 Å². The molecule has 1 amide bonds. The van der Waals surface area contributed by atoms with E-state index in [9.17, 15) is 4.79 Å². The zero-order chi connectivity index (χ0) is 23.2. The Morgan fingerprint density at radius 3 is 2.61 bits per heavy atom. The van der Waals surface area contributed by atoms with Gasteiger partial charge < -0.3 is 14.8 Å². The molecular formula is C25H20ClIN2O3S. The number of hydrogen-bond acceptors (Lipinski definition) is 5. The molecule has 1 heterocycles.